The number of hydrogen-bond acceptors (Lipinski definition) is 4. The SMILES string of the molecule is COc1cc(OC)cc(C(=O)c2c(C)c(Sc3ccc(Cl)cc3)c3ccccn23)c1. The second kappa shape index (κ2) is 8.46. The summed E-state index contributed by atoms with van der Waals surface area (Å²) in [5.74, 6) is 1.06. The molecule has 0 saturated heterocycles. The number of methoxy groups -OCH3 is 2. The minimum absolute atomic E-state index is 0.0890. The van der Waals surface area contributed by atoms with Crippen LogP contribution in [0.15, 0.2) is 76.7 Å². The summed E-state index contributed by atoms with van der Waals surface area (Å²) in [6.07, 6.45) is 1.92. The van der Waals surface area contributed by atoms with E-state index < -0.39 is 0 Å². The summed E-state index contributed by atoms with van der Waals surface area (Å²) in [4.78, 5) is 15.7. The van der Waals surface area contributed by atoms with Crippen molar-refractivity contribution in [1.82, 2.24) is 4.40 Å². The highest BCUT2D eigenvalue weighted by Crippen LogP contribution is 2.38. The van der Waals surface area contributed by atoms with E-state index in [9.17, 15) is 4.79 Å². The first kappa shape index (κ1) is 20.4. The minimum Gasteiger partial charge on any atom is -0.497 e. The first-order valence-electron chi connectivity index (χ1n) is 9.32. The normalized spacial score (nSPS) is 10.9. The van der Waals surface area contributed by atoms with Gasteiger partial charge in [-0.05, 0) is 61.0 Å². The molecule has 0 aliphatic heterocycles. The molecule has 2 aromatic carbocycles. The molecular weight excluding hydrogens is 418 g/mol. The molecule has 0 N–H and O–H groups in total. The van der Waals surface area contributed by atoms with Crippen LogP contribution >= 0.6 is 23.4 Å². The molecule has 0 bridgehead atoms. The van der Waals surface area contributed by atoms with Crippen LogP contribution in [0, 0.1) is 6.92 Å². The van der Waals surface area contributed by atoms with Gasteiger partial charge in [-0.2, -0.15) is 0 Å². The Bertz CT molecular complexity index is 1210. The quantitative estimate of drug-likeness (QED) is 0.332. The fourth-order valence-corrected chi connectivity index (χ4v) is 4.56. The lowest BCUT2D eigenvalue weighted by atomic mass is 10.0. The number of ketones is 1. The van der Waals surface area contributed by atoms with Crippen molar-refractivity contribution in [1.29, 1.82) is 0 Å². The molecule has 0 fully saturated rings. The van der Waals surface area contributed by atoms with Crippen LogP contribution < -0.4 is 9.47 Å². The molecule has 0 aliphatic carbocycles. The van der Waals surface area contributed by atoms with Gasteiger partial charge in [0.2, 0.25) is 5.78 Å². The van der Waals surface area contributed by atoms with Gasteiger partial charge < -0.3 is 13.9 Å². The van der Waals surface area contributed by atoms with Gasteiger partial charge in [0.05, 0.1) is 25.4 Å². The Balaban J connectivity index is 1.85. The first-order chi connectivity index (χ1) is 14.5. The third-order valence-electron chi connectivity index (χ3n) is 4.89. The van der Waals surface area contributed by atoms with E-state index in [0.717, 1.165) is 20.9 Å². The van der Waals surface area contributed by atoms with E-state index in [1.807, 2.05) is 60.0 Å². The summed E-state index contributed by atoms with van der Waals surface area (Å²) < 4.78 is 12.6. The standard InChI is InChI=1S/C24H20ClNO3S/c1-15-22(23(27)16-12-18(28-2)14-19(13-16)29-3)26-11-5-4-6-21(26)24(15)30-20-9-7-17(25)8-10-20/h4-14H,1-3H3. The number of benzene rings is 2. The van der Waals surface area contributed by atoms with E-state index in [1.165, 1.54) is 0 Å². The Morgan fingerprint density at radius 3 is 2.27 bits per heavy atom. The molecule has 0 aliphatic rings. The van der Waals surface area contributed by atoms with Crippen molar-refractivity contribution in [3.05, 3.63) is 88.7 Å². The molecule has 4 rings (SSSR count). The van der Waals surface area contributed by atoms with Gasteiger partial charge in [-0.3, -0.25) is 4.79 Å². The van der Waals surface area contributed by atoms with E-state index in [2.05, 4.69) is 0 Å². The monoisotopic (exact) mass is 437 g/mol. The topological polar surface area (TPSA) is 39.9 Å². The predicted octanol–water partition coefficient (Wildman–Crippen LogP) is 6.30. The average molecular weight is 438 g/mol. The Morgan fingerprint density at radius 2 is 1.63 bits per heavy atom. The third kappa shape index (κ3) is 3.78. The van der Waals surface area contributed by atoms with Crippen molar-refractivity contribution in [2.45, 2.75) is 16.7 Å². The van der Waals surface area contributed by atoms with E-state index >= 15 is 0 Å². The van der Waals surface area contributed by atoms with E-state index in [1.54, 1.807) is 44.2 Å². The highest BCUT2D eigenvalue weighted by atomic mass is 35.5. The molecule has 152 valence electrons. The Morgan fingerprint density at radius 1 is 0.967 bits per heavy atom. The van der Waals surface area contributed by atoms with Gasteiger partial charge in [0.1, 0.15) is 11.5 Å². The van der Waals surface area contributed by atoms with Crippen LogP contribution in [-0.2, 0) is 0 Å². The van der Waals surface area contributed by atoms with E-state index in [0.29, 0.717) is 27.8 Å². The average Bonchev–Trinajstić information content (AvgIpc) is 3.05. The van der Waals surface area contributed by atoms with E-state index in [-0.39, 0.29) is 5.78 Å². The summed E-state index contributed by atoms with van der Waals surface area (Å²) in [6, 6.07) is 18.8. The van der Waals surface area contributed by atoms with Crippen molar-refractivity contribution in [3.63, 3.8) is 0 Å². The second-order valence-electron chi connectivity index (χ2n) is 6.75. The Hall–Kier alpha value is -2.89. The van der Waals surface area contributed by atoms with Gasteiger partial charge in [-0.15, -0.1) is 0 Å². The number of fused-ring (bicyclic) bond motifs is 1. The molecular formula is C24H20ClNO3S. The van der Waals surface area contributed by atoms with Gasteiger partial charge >= 0.3 is 0 Å². The Kier molecular flexibility index (Phi) is 5.75. The lowest BCUT2D eigenvalue weighted by Crippen LogP contribution is -2.07. The van der Waals surface area contributed by atoms with E-state index in [4.69, 9.17) is 21.1 Å². The molecule has 0 radical (unpaired) electrons. The number of aromatic nitrogens is 1. The zero-order chi connectivity index (χ0) is 21.3. The summed E-state index contributed by atoms with van der Waals surface area (Å²) in [5.41, 5.74) is 3.04. The van der Waals surface area contributed by atoms with Crippen molar-refractivity contribution >= 4 is 34.7 Å². The molecule has 6 heteroatoms. The smallest absolute Gasteiger partial charge is 0.210 e. The second-order valence-corrected chi connectivity index (χ2v) is 8.27. The molecule has 4 nitrogen and oxygen atoms in total. The van der Waals surface area contributed by atoms with Gasteiger partial charge in [0.25, 0.3) is 0 Å². The highest BCUT2D eigenvalue weighted by Gasteiger charge is 2.23. The molecule has 2 aromatic heterocycles. The lowest BCUT2D eigenvalue weighted by Gasteiger charge is -2.09. The molecule has 0 spiro atoms. The fourth-order valence-electron chi connectivity index (χ4n) is 3.41. The summed E-state index contributed by atoms with van der Waals surface area (Å²) >= 11 is 7.65. The highest BCUT2D eigenvalue weighted by molar-refractivity contribution is 7.99. The molecule has 2 heterocycles. The van der Waals surface area contributed by atoms with Crippen LogP contribution in [0.1, 0.15) is 21.6 Å². The van der Waals surface area contributed by atoms with Crippen molar-refractivity contribution in [2.24, 2.45) is 0 Å². The zero-order valence-corrected chi connectivity index (χ0v) is 18.4. The summed E-state index contributed by atoms with van der Waals surface area (Å²) in [5, 5.41) is 0.695. The zero-order valence-electron chi connectivity index (χ0n) is 16.8. The largest absolute Gasteiger partial charge is 0.497 e. The van der Waals surface area contributed by atoms with Crippen molar-refractivity contribution in [2.75, 3.05) is 14.2 Å². The van der Waals surface area contributed by atoms with Gasteiger partial charge in [0.15, 0.2) is 0 Å². The minimum atomic E-state index is -0.0890. The van der Waals surface area contributed by atoms with Crippen LogP contribution in [0.2, 0.25) is 5.02 Å². The van der Waals surface area contributed by atoms with Crippen LogP contribution in [-0.4, -0.2) is 24.4 Å². The predicted molar refractivity (Wildman–Crippen MR) is 121 cm³/mol. The maximum absolute atomic E-state index is 13.6. The summed E-state index contributed by atoms with van der Waals surface area (Å²) in [7, 11) is 3.14. The number of carbonyl (C=O) groups is 1. The number of nitrogens with zero attached hydrogens (tertiary/aromatic N) is 1. The van der Waals surface area contributed by atoms with Crippen LogP contribution in [0.3, 0.4) is 0 Å². The molecule has 0 saturated carbocycles. The number of carbonyl (C=O) groups excluding carboxylic acids is 1. The Labute approximate surface area is 184 Å². The lowest BCUT2D eigenvalue weighted by molar-refractivity contribution is 0.103. The first-order valence-corrected chi connectivity index (χ1v) is 10.5. The van der Waals surface area contributed by atoms with Gasteiger partial charge in [0, 0.05) is 32.6 Å². The number of ether oxygens (including phenoxy) is 2. The molecule has 0 atom stereocenters. The summed E-state index contributed by atoms with van der Waals surface area (Å²) in [6.45, 7) is 1.98. The van der Waals surface area contributed by atoms with Crippen molar-refractivity contribution < 1.29 is 14.3 Å². The van der Waals surface area contributed by atoms with Gasteiger partial charge in [-0.1, -0.05) is 29.4 Å². The molecule has 30 heavy (non-hydrogen) atoms. The molecule has 4 aromatic rings. The number of hydrogen-bond donors (Lipinski definition) is 0. The third-order valence-corrected chi connectivity index (χ3v) is 6.37. The fraction of sp³-hybridized carbons (Fsp3) is 0.125. The van der Waals surface area contributed by atoms with Crippen LogP contribution in [0.25, 0.3) is 5.52 Å². The van der Waals surface area contributed by atoms with Crippen LogP contribution in [0.5, 0.6) is 11.5 Å². The molecule has 0 amide bonds. The maximum atomic E-state index is 13.6. The maximum Gasteiger partial charge on any atom is 0.210 e. The number of pyridine rings is 1. The number of rotatable bonds is 6. The number of halogens is 1. The van der Waals surface area contributed by atoms with Gasteiger partial charge in [-0.25, -0.2) is 0 Å². The van der Waals surface area contributed by atoms with Crippen LogP contribution in [0.4, 0.5) is 0 Å². The molecule has 0 unspecified atom stereocenters. The van der Waals surface area contributed by atoms with Crippen molar-refractivity contribution in [3.8, 4) is 11.5 Å².